The van der Waals surface area contributed by atoms with Crippen LogP contribution in [0.3, 0.4) is 0 Å². The molecule has 118 valence electrons. The lowest BCUT2D eigenvalue weighted by Crippen LogP contribution is -2.44. The van der Waals surface area contributed by atoms with Gasteiger partial charge in [-0.25, -0.2) is 8.42 Å². The summed E-state index contributed by atoms with van der Waals surface area (Å²) in [5.74, 6) is 0.491. The zero-order chi connectivity index (χ0) is 15.3. The topological polar surface area (TPSA) is 83.6 Å². The number of rotatable bonds is 5. The van der Waals surface area contributed by atoms with E-state index in [1.54, 1.807) is 0 Å². The summed E-state index contributed by atoms with van der Waals surface area (Å²) in [5.41, 5.74) is 6.47. The fraction of sp³-hybridized carbons (Fsp3) is 0.600. The van der Waals surface area contributed by atoms with Gasteiger partial charge in [0.2, 0.25) is 0 Å². The van der Waals surface area contributed by atoms with Crippen LogP contribution in [-0.4, -0.2) is 56.2 Å². The second-order valence-corrected chi connectivity index (χ2v) is 8.08. The predicted octanol–water partition coefficient (Wildman–Crippen LogP) is 0.344. The maximum absolute atomic E-state index is 11.6. The quantitative estimate of drug-likeness (QED) is 0.819. The average Bonchev–Trinajstić information content (AvgIpc) is 2.66. The lowest BCUT2D eigenvalue weighted by molar-refractivity contribution is 0.165. The minimum atomic E-state index is -2.89. The van der Waals surface area contributed by atoms with Gasteiger partial charge in [0.25, 0.3) is 0 Å². The highest BCUT2D eigenvalue weighted by Crippen LogP contribution is 2.22. The molecule has 21 heavy (non-hydrogen) atoms. The van der Waals surface area contributed by atoms with Gasteiger partial charge in [-0.15, -0.1) is 0 Å². The van der Waals surface area contributed by atoms with Gasteiger partial charge < -0.3 is 15.7 Å². The first kappa shape index (κ1) is 16.4. The van der Waals surface area contributed by atoms with Crippen LogP contribution in [0, 0.1) is 0 Å². The first-order valence-corrected chi connectivity index (χ1v) is 9.15. The van der Waals surface area contributed by atoms with E-state index in [1.165, 1.54) is 0 Å². The highest BCUT2D eigenvalue weighted by molar-refractivity contribution is 7.91. The summed E-state index contributed by atoms with van der Waals surface area (Å²) in [6.45, 7) is 1.90. The molecular weight excluding hydrogens is 288 g/mol. The van der Waals surface area contributed by atoms with Crippen LogP contribution in [0.5, 0.6) is 0 Å². The van der Waals surface area contributed by atoms with Crippen molar-refractivity contribution in [1.29, 1.82) is 0 Å². The van der Waals surface area contributed by atoms with Gasteiger partial charge in [-0.05, 0) is 24.9 Å². The molecule has 1 aliphatic heterocycles. The minimum Gasteiger partial charge on any atom is -0.394 e. The van der Waals surface area contributed by atoms with Crippen LogP contribution < -0.4 is 5.73 Å². The first-order chi connectivity index (χ1) is 9.95. The summed E-state index contributed by atoms with van der Waals surface area (Å²) < 4.78 is 23.2. The summed E-state index contributed by atoms with van der Waals surface area (Å²) >= 11 is 0. The van der Waals surface area contributed by atoms with E-state index < -0.39 is 15.4 Å². The standard InChI is InChI=1S/C15H24N2O3S/c16-15(13-18,14-5-2-1-3-6-14)7-9-17-8-4-11-21(19,20)12-10-17/h1-3,5-6,18H,4,7-13,16H2. The number of nitrogens with zero attached hydrogens (tertiary/aromatic N) is 1. The van der Waals surface area contributed by atoms with Gasteiger partial charge in [-0.1, -0.05) is 30.3 Å². The molecule has 0 aromatic heterocycles. The molecule has 1 aliphatic rings. The molecule has 6 heteroatoms. The van der Waals surface area contributed by atoms with Crippen LogP contribution >= 0.6 is 0 Å². The van der Waals surface area contributed by atoms with Crippen molar-refractivity contribution in [2.45, 2.75) is 18.4 Å². The first-order valence-electron chi connectivity index (χ1n) is 7.33. The van der Waals surface area contributed by atoms with Gasteiger partial charge in [0, 0.05) is 13.1 Å². The number of aliphatic hydroxyl groups is 1. The van der Waals surface area contributed by atoms with Gasteiger partial charge in [0.15, 0.2) is 9.84 Å². The number of hydrogen-bond acceptors (Lipinski definition) is 5. The van der Waals surface area contributed by atoms with Crippen molar-refractivity contribution in [2.24, 2.45) is 5.73 Å². The Hall–Kier alpha value is -0.950. The molecule has 0 amide bonds. The van der Waals surface area contributed by atoms with Crippen molar-refractivity contribution in [1.82, 2.24) is 4.90 Å². The van der Waals surface area contributed by atoms with Gasteiger partial charge >= 0.3 is 0 Å². The van der Waals surface area contributed by atoms with Crippen LogP contribution in [0.4, 0.5) is 0 Å². The molecule has 5 nitrogen and oxygen atoms in total. The van der Waals surface area contributed by atoms with Crippen molar-refractivity contribution in [3.05, 3.63) is 35.9 Å². The number of hydrogen-bond donors (Lipinski definition) is 2. The maximum atomic E-state index is 11.6. The Morgan fingerprint density at radius 2 is 1.90 bits per heavy atom. The van der Waals surface area contributed by atoms with Crippen LogP contribution in [0.1, 0.15) is 18.4 Å². The Morgan fingerprint density at radius 3 is 2.57 bits per heavy atom. The summed E-state index contributed by atoms with van der Waals surface area (Å²) in [4.78, 5) is 2.13. The molecule has 0 bridgehead atoms. The lowest BCUT2D eigenvalue weighted by atomic mass is 9.88. The van der Waals surface area contributed by atoms with Gasteiger partial charge in [-0.3, -0.25) is 0 Å². The molecule has 3 N–H and O–H groups in total. The Morgan fingerprint density at radius 1 is 1.19 bits per heavy atom. The number of aliphatic hydroxyl groups excluding tert-OH is 1. The normalized spacial score (nSPS) is 22.4. The van der Waals surface area contributed by atoms with Gasteiger partial charge in [0.05, 0.1) is 23.7 Å². The largest absolute Gasteiger partial charge is 0.394 e. The van der Waals surface area contributed by atoms with E-state index in [1.807, 2.05) is 30.3 Å². The second-order valence-electron chi connectivity index (χ2n) is 5.78. The number of nitrogens with two attached hydrogens (primary N) is 1. The highest BCUT2D eigenvalue weighted by Gasteiger charge is 2.28. The molecule has 0 radical (unpaired) electrons. The Balaban J connectivity index is 1.97. The van der Waals surface area contributed by atoms with E-state index in [2.05, 4.69) is 4.90 Å². The minimum absolute atomic E-state index is 0.122. The fourth-order valence-electron chi connectivity index (χ4n) is 2.66. The van der Waals surface area contributed by atoms with E-state index in [0.717, 1.165) is 12.1 Å². The van der Waals surface area contributed by atoms with Crippen LogP contribution in [0.2, 0.25) is 0 Å². The van der Waals surface area contributed by atoms with Crippen molar-refractivity contribution in [3.63, 3.8) is 0 Å². The summed E-state index contributed by atoms with van der Waals surface area (Å²) in [5, 5.41) is 9.67. The summed E-state index contributed by atoms with van der Waals surface area (Å²) in [6.07, 6.45) is 1.28. The van der Waals surface area contributed by atoms with Crippen LogP contribution in [0.25, 0.3) is 0 Å². The Kier molecular flexibility index (Phi) is 5.37. The molecule has 0 spiro atoms. The van der Waals surface area contributed by atoms with Gasteiger partial charge in [-0.2, -0.15) is 0 Å². The van der Waals surface area contributed by atoms with Gasteiger partial charge in [0.1, 0.15) is 0 Å². The molecule has 1 atom stereocenters. The van der Waals surface area contributed by atoms with E-state index in [4.69, 9.17) is 5.73 Å². The SMILES string of the molecule is NC(CO)(CCN1CCCS(=O)(=O)CC1)c1ccccc1. The predicted molar refractivity (Wildman–Crippen MR) is 83.7 cm³/mol. The lowest BCUT2D eigenvalue weighted by Gasteiger charge is -2.31. The molecule has 1 aromatic rings. The summed E-state index contributed by atoms with van der Waals surface area (Å²) in [7, 11) is -2.89. The number of benzene rings is 1. The van der Waals surface area contributed by atoms with Crippen molar-refractivity contribution >= 4 is 9.84 Å². The van der Waals surface area contributed by atoms with E-state index in [-0.39, 0.29) is 18.1 Å². The summed E-state index contributed by atoms with van der Waals surface area (Å²) in [6, 6.07) is 9.57. The van der Waals surface area contributed by atoms with E-state index >= 15 is 0 Å². The maximum Gasteiger partial charge on any atom is 0.151 e. The molecule has 0 saturated carbocycles. The molecule has 0 aliphatic carbocycles. The Labute approximate surface area is 126 Å². The van der Waals surface area contributed by atoms with Crippen molar-refractivity contribution in [2.75, 3.05) is 37.7 Å². The zero-order valence-electron chi connectivity index (χ0n) is 12.2. The molecule has 2 rings (SSSR count). The average molecular weight is 312 g/mol. The van der Waals surface area contributed by atoms with Crippen molar-refractivity contribution < 1.29 is 13.5 Å². The van der Waals surface area contributed by atoms with E-state index in [0.29, 0.717) is 25.9 Å². The van der Waals surface area contributed by atoms with E-state index in [9.17, 15) is 13.5 Å². The molecular formula is C15H24N2O3S. The monoisotopic (exact) mass is 312 g/mol. The number of sulfone groups is 1. The third kappa shape index (κ3) is 4.51. The molecule has 1 unspecified atom stereocenters. The van der Waals surface area contributed by atoms with Crippen LogP contribution in [0.15, 0.2) is 30.3 Å². The van der Waals surface area contributed by atoms with Crippen LogP contribution in [-0.2, 0) is 15.4 Å². The van der Waals surface area contributed by atoms with Crippen molar-refractivity contribution in [3.8, 4) is 0 Å². The molecule has 1 fully saturated rings. The third-order valence-electron chi connectivity index (χ3n) is 4.15. The third-order valence-corrected chi connectivity index (χ3v) is 5.87. The fourth-order valence-corrected chi connectivity index (χ4v) is 3.97. The molecule has 1 saturated heterocycles. The second kappa shape index (κ2) is 6.87. The zero-order valence-corrected chi connectivity index (χ0v) is 13.1. The molecule has 1 heterocycles. The smallest absolute Gasteiger partial charge is 0.151 e. The Bertz CT molecular complexity index is 547. The molecule has 1 aromatic carbocycles. The highest BCUT2D eigenvalue weighted by atomic mass is 32.2.